The van der Waals surface area contributed by atoms with E-state index >= 15 is 0 Å². The van der Waals surface area contributed by atoms with Gasteiger partial charge < -0.3 is 10.5 Å². The van der Waals surface area contributed by atoms with Crippen LogP contribution in [0.3, 0.4) is 0 Å². The van der Waals surface area contributed by atoms with Gasteiger partial charge in [0.2, 0.25) is 0 Å². The van der Waals surface area contributed by atoms with E-state index in [0.29, 0.717) is 26.0 Å². The van der Waals surface area contributed by atoms with Crippen molar-refractivity contribution in [1.82, 2.24) is 0 Å². The predicted molar refractivity (Wildman–Crippen MR) is 62.2 cm³/mol. The van der Waals surface area contributed by atoms with Crippen molar-refractivity contribution in [2.75, 3.05) is 19.8 Å². The molecule has 1 aliphatic heterocycles. The van der Waals surface area contributed by atoms with Crippen molar-refractivity contribution in [3.63, 3.8) is 0 Å². The topological polar surface area (TPSA) is 35.2 Å². The average molecular weight is 223 g/mol. The number of benzene rings is 1. The van der Waals surface area contributed by atoms with Crippen LogP contribution in [0.1, 0.15) is 17.5 Å². The average Bonchev–Trinajstić information content (AvgIpc) is 2.66. The van der Waals surface area contributed by atoms with E-state index in [1.165, 1.54) is 5.56 Å². The largest absolute Gasteiger partial charge is 0.378 e. The Hall–Kier alpha value is -0.930. The summed E-state index contributed by atoms with van der Waals surface area (Å²) in [7, 11) is 0. The third kappa shape index (κ3) is 2.80. The molecule has 3 heteroatoms. The second-order valence-electron chi connectivity index (χ2n) is 4.49. The fraction of sp³-hybridized carbons (Fsp3) is 0.538. The quantitative estimate of drug-likeness (QED) is 0.845. The number of alkyl halides is 1. The molecule has 0 radical (unpaired) electrons. The van der Waals surface area contributed by atoms with E-state index in [0.717, 1.165) is 12.0 Å². The zero-order valence-corrected chi connectivity index (χ0v) is 9.42. The number of hydrogen-bond acceptors (Lipinski definition) is 2. The molecule has 0 amide bonds. The van der Waals surface area contributed by atoms with Crippen LogP contribution in [0, 0.1) is 0 Å². The van der Waals surface area contributed by atoms with Gasteiger partial charge in [-0.2, -0.15) is 0 Å². The van der Waals surface area contributed by atoms with Gasteiger partial charge in [-0.1, -0.05) is 24.3 Å². The minimum absolute atomic E-state index is 0.230. The maximum absolute atomic E-state index is 14.2. The molecule has 0 spiro atoms. The first-order chi connectivity index (χ1) is 7.72. The second-order valence-corrected chi connectivity index (χ2v) is 4.49. The first-order valence-electron chi connectivity index (χ1n) is 5.76. The molecule has 1 atom stereocenters. The first kappa shape index (κ1) is 11.6. The molecule has 1 fully saturated rings. The van der Waals surface area contributed by atoms with Crippen LogP contribution < -0.4 is 5.73 Å². The van der Waals surface area contributed by atoms with E-state index in [9.17, 15) is 4.39 Å². The molecular formula is C13H18FNO. The predicted octanol–water partition coefficient (Wildman–Crippen LogP) is 1.86. The monoisotopic (exact) mass is 223 g/mol. The summed E-state index contributed by atoms with van der Waals surface area (Å²) in [5.41, 5.74) is 6.56. The molecule has 0 saturated carbocycles. The molecule has 1 aromatic carbocycles. The lowest BCUT2D eigenvalue weighted by molar-refractivity contribution is 0.112. The molecule has 2 N–H and O–H groups in total. The standard InChI is InChI=1S/C13H18FNO/c14-13(5-7-16-10-13)9-12-3-1-2-11(8-12)4-6-15/h1-3,8H,4-7,9-10,15H2. The van der Waals surface area contributed by atoms with E-state index in [1.807, 2.05) is 24.3 Å². The van der Waals surface area contributed by atoms with Crippen LogP contribution in [0.15, 0.2) is 24.3 Å². The maximum atomic E-state index is 14.2. The minimum Gasteiger partial charge on any atom is -0.378 e. The number of rotatable bonds is 4. The molecular weight excluding hydrogens is 205 g/mol. The zero-order valence-electron chi connectivity index (χ0n) is 9.42. The van der Waals surface area contributed by atoms with Crippen molar-refractivity contribution in [3.8, 4) is 0 Å². The molecule has 0 bridgehead atoms. The smallest absolute Gasteiger partial charge is 0.140 e. The first-order valence-corrected chi connectivity index (χ1v) is 5.76. The summed E-state index contributed by atoms with van der Waals surface area (Å²) < 4.78 is 19.3. The van der Waals surface area contributed by atoms with Gasteiger partial charge in [0.1, 0.15) is 5.67 Å². The summed E-state index contributed by atoms with van der Waals surface area (Å²) in [5.74, 6) is 0. The number of halogens is 1. The normalized spacial score (nSPS) is 24.9. The van der Waals surface area contributed by atoms with Gasteiger partial charge in [0.15, 0.2) is 0 Å². The van der Waals surface area contributed by atoms with Gasteiger partial charge in [0.05, 0.1) is 6.61 Å². The van der Waals surface area contributed by atoms with Gasteiger partial charge in [0.25, 0.3) is 0 Å². The van der Waals surface area contributed by atoms with Crippen molar-refractivity contribution in [2.45, 2.75) is 24.9 Å². The Morgan fingerprint density at radius 3 is 2.88 bits per heavy atom. The third-order valence-electron chi connectivity index (χ3n) is 3.00. The fourth-order valence-electron chi connectivity index (χ4n) is 2.15. The van der Waals surface area contributed by atoms with Crippen molar-refractivity contribution in [1.29, 1.82) is 0 Å². The molecule has 1 heterocycles. The molecule has 1 saturated heterocycles. The van der Waals surface area contributed by atoms with Crippen LogP contribution in [-0.2, 0) is 17.6 Å². The Kier molecular flexibility index (Phi) is 3.56. The molecule has 88 valence electrons. The van der Waals surface area contributed by atoms with E-state index < -0.39 is 5.67 Å². The van der Waals surface area contributed by atoms with E-state index in [-0.39, 0.29) is 6.61 Å². The summed E-state index contributed by atoms with van der Waals surface area (Å²) in [6.45, 7) is 1.40. The number of hydrogen-bond donors (Lipinski definition) is 1. The Bertz CT molecular complexity index is 348. The summed E-state index contributed by atoms with van der Waals surface area (Å²) in [4.78, 5) is 0. The van der Waals surface area contributed by atoms with Crippen LogP contribution in [0.25, 0.3) is 0 Å². The van der Waals surface area contributed by atoms with E-state index in [4.69, 9.17) is 10.5 Å². The van der Waals surface area contributed by atoms with Crippen LogP contribution in [0.4, 0.5) is 4.39 Å². The van der Waals surface area contributed by atoms with Gasteiger partial charge >= 0.3 is 0 Å². The van der Waals surface area contributed by atoms with Crippen molar-refractivity contribution >= 4 is 0 Å². The summed E-state index contributed by atoms with van der Waals surface area (Å²) in [5, 5.41) is 0. The molecule has 1 aromatic rings. The SMILES string of the molecule is NCCc1cccc(CC2(F)CCOC2)c1. The molecule has 0 aliphatic carbocycles. The van der Waals surface area contributed by atoms with Gasteiger partial charge in [-0.15, -0.1) is 0 Å². The lowest BCUT2D eigenvalue weighted by Gasteiger charge is -2.17. The number of ether oxygens (including phenoxy) is 1. The van der Waals surface area contributed by atoms with Gasteiger partial charge in [-0.3, -0.25) is 0 Å². The van der Waals surface area contributed by atoms with Gasteiger partial charge in [-0.05, 0) is 24.1 Å². The number of nitrogens with two attached hydrogens (primary N) is 1. The van der Waals surface area contributed by atoms with Crippen molar-refractivity contribution in [3.05, 3.63) is 35.4 Å². The van der Waals surface area contributed by atoms with Crippen molar-refractivity contribution in [2.24, 2.45) is 5.73 Å². The summed E-state index contributed by atoms with van der Waals surface area (Å²) in [6, 6.07) is 8.03. The fourth-order valence-corrected chi connectivity index (χ4v) is 2.15. The highest BCUT2D eigenvalue weighted by Gasteiger charge is 2.34. The van der Waals surface area contributed by atoms with Crippen LogP contribution in [-0.4, -0.2) is 25.4 Å². The van der Waals surface area contributed by atoms with Crippen molar-refractivity contribution < 1.29 is 9.13 Å². The molecule has 1 unspecified atom stereocenters. The minimum atomic E-state index is -1.17. The lowest BCUT2D eigenvalue weighted by Crippen LogP contribution is -2.25. The summed E-state index contributed by atoms with van der Waals surface area (Å²) in [6.07, 6.45) is 1.81. The maximum Gasteiger partial charge on any atom is 0.140 e. The highest BCUT2D eigenvalue weighted by atomic mass is 19.1. The Labute approximate surface area is 95.6 Å². The summed E-state index contributed by atoms with van der Waals surface area (Å²) >= 11 is 0. The molecule has 0 aromatic heterocycles. The van der Waals surface area contributed by atoms with Crippen LogP contribution in [0.5, 0.6) is 0 Å². The van der Waals surface area contributed by atoms with Gasteiger partial charge in [0, 0.05) is 19.4 Å². The Balaban J connectivity index is 2.05. The third-order valence-corrected chi connectivity index (χ3v) is 3.00. The molecule has 1 aliphatic rings. The van der Waals surface area contributed by atoms with Crippen LogP contribution >= 0.6 is 0 Å². The highest BCUT2D eigenvalue weighted by Crippen LogP contribution is 2.27. The second kappa shape index (κ2) is 4.93. The van der Waals surface area contributed by atoms with Crippen LogP contribution in [0.2, 0.25) is 0 Å². The Morgan fingerprint density at radius 2 is 2.19 bits per heavy atom. The Morgan fingerprint density at radius 1 is 1.38 bits per heavy atom. The lowest BCUT2D eigenvalue weighted by atomic mass is 9.94. The molecule has 2 nitrogen and oxygen atoms in total. The van der Waals surface area contributed by atoms with E-state index in [1.54, 1.807) is 0 Å². The zero-order chi connectivity index (χ0) is 11.4. The molecule has 2 rings (SSSR count). The van der Waals surface area contributed by atoms with E-state index in [2.05, 4.69) is 0 Å². The highest BCUT2D eigenvalue weighted by molar-refractivity contribution is 5.25. The molecule has 16 heavy (non-hydrogen) atoms. The van der Waals surface area contributed by atoms with Gasteiger partial charge in [-0.25, -0.2) is 4.39 Å².